The van der Waals surface area contributed by atoms with Crippen molar-refractivity contribution in [3.8, 4) is 0 Å². The summed E-state index contributed by atoms with van der Waals surface area (Å²) in [5, 5.41) is 13.6. The molecule has 0 amide bonds. The molecule has 2 rings (SSSR count). The Morgan fingerprint density at radius 2 is 2.29 bits per heavy atom. The van der Waals surface area contributed by atoms with Gasteiger partial charge in [-0.05, 0) is 24.5 Å². The predicted molar refractivity (Wildman–Crippen MR) is 51.8 cm³/mol. The molecule has 0 aliphatic carbocycles. The second-order valence-corrected chi connectivity index (χ2v) is 3.61. The number of nitrogens with one attached hydrogen (secondary N) is 1. The van der Waals surface area contributed by atoms with Crippen molar-refractivity contribution in [2.75, 3.05) is 5.32 Å². The van der Waals surface area contributed by atoms with E-state index in [4.69, 9.17) is 0 Å². The summed E-state index contributed by atoms with van der Waals surface area (Å²) in [6.07, 6.45) is 1.90. The average molecular weight is 190 g/mol. The highest BCUT2D eigenvalue weighted by Gasteiger charge is 2.16. The second kappa shape index (κ2) is 3.70. The third-order valence-electron chi connectivity index (χ3n) is 2.55. The Hall–Kier alpha value is -1.51. The predicted octanol–water partition coefficient (Wildman–Crippen LogP) is 0.553. The number of carboxylic acids is 1. The number of hydrogen-bond acceptors (Lipinski definition) is 3. The van der Waals surface area contributed by atoms with E-state index in [2.05, 4.69) is 11.4 Å². The summed E-state index contributed by atoms with van der Waals surface area (Å²) < 4.78 is 0. The van der Waals surface area contributed by atoms with Crippen LogP contribution < -0.4 is 10.4 Å². The highest BCUT2D eigenvalue weighted by Crippen LogP contribution is 2.25. The van der Waals surface area contributed by atoms with Gasteiger partial charge in [0.1, 0.15) is 0 Å². The van der Waals surface area contributed by atoms with Gasteiger partial charge in [-0.25, -0.2) is 0 Å². The van der Waals surface area contributed by atoms with Crippen molar-refractivity contribution in [1.82, 2.24) is 0 Å². The maximum Gasteiger partial charge on any atom is 0.0434 e. The quantitative estimate of drug-likeness (QED) is 0.741. The molecular weight excluding hydrogens is 178 g/mol. The van der Waals surface area contributed by atoms with Crippen molar-refractivity contribution >= 4 is 11.7 Å². The smallest absolute Gasteiger partial charge is 0.0434 e. The molecule has 0 saturated heterocycles. The molecule has 1 heterocycles. The van der Waals surface area contributed by atoms with Gasteiger partial charge in [0, 0.05) is 24.1 Å². The Morgan fingerprint density at radius 3 is 3.07 bits per heavy atom. The van der Waals surface area contributed by atoms with Gasteiger partial charge >= 0.3 is 0 Å². The standard InChI is InChI=1S/C11H13NO2/c13-11(14)7-9-6-5-8-3-1-2-4-10(8)12-9/h1-4,9,12H,5-7H2,(H,13,14)/p-1/t9-/m1/s1. The summed E-state index contributed by atoms with van der Waals surface area (Å²) in [5.74, 6) is -0.984. The lowest BCUT2D eigenvalue weighted by atomic mass is 9.96. The number of para-hydroxylation sites is 1. The number of aryl methyl sites for hydroxylation is 1. The lowest BCUT2D eigenvalue weighted by Gasteiger charge is -2.27. The molecule has 1 aromatic rings. The molecule has 0 aromatic heterocycles. The van der Waals surface area contributed by atoms with Gasteiger partial charge < -0.3 is 15.2 Å². The van der Waals surface area contributed by atoms with Crippen LogP contribution in [0.1, 0.15) is 18.4 Å². The third-order valence-corrected chi connectivity index (χ3v) is 2.55. The molecular formula is C11H12NO2-. The monoisotopic (exact) mass is 190 g/mol. The summed E-state index contributed by atoms with van der Waals surface area (Å²) in [4.78, 5) is 10.4. The first-order valence-corrected chi connectivity index (χ1v) is 4.80. The molecule has 0 radical (unpaired) electrons. The Bertz CT molecular complexity index is 349. The average Bonchev–Trinajstić information content (AvgIpc) is 2.17. The number of aliphatic carboxylic acids is 1. The minimum absolute atomic E-state index is 0.0231. The zero-order valence-electron chi connectivity index (χ0n) is 7.82. The van der Waals surface area contributed by atoms with E-state index in [0.29, 0.717) is 0 Å². The van der Waals surface area contributed by atoms with E-state index in [-0.39, 0.29) is 12.5 Å². The molecule has 1 N–H and O–H groups in total. The fourth-order valence-electron chi connectivity index (χ4n) is 1.86. The summed E-state index contributed by atoms with van der Waals surface area (Å²) >= 11 is 0. The highest BCUT2D eigenvalue weighted by molar-refractivity contribution is 5.66. The molecule has 1 aliphatic heterocycles. The van der Waals surface area contributed by atoms with Crippen molar-refractivity contribution in [2.24, 2.45) is 0 Å². The molecule has 1 atom stereocenters. The van der Waals surface area contributed by atoms with Crippen molar-refractivity contribution in [3.63, 3.8) is 0 Å². The molecule has 74 valence electrons. The number of carbonyl (C=O) groups is 1. The van der Waals surface area contributed by atoms with Crippen molar-refractivity contribution in [1.29, 1.82) is 0 Å². The van der Waals surface area contributed by atoms with Crippen LogP contribution in [-0.2, 0) is 11.2 Å². The van der Waals surface area contributed by atoms with Gasteiger partial charge in [0.05, 0.1) is 0 Å². The molecule has 0 spiro atoms. The molecule has 3 heteroatoms. The summed E-state index contributed by atoms with van der Waals surface area (Å²) in [6.45, 7) is 0. The van der Waals surface area contributed by atoms with E-state index >= 15 is 0 Å². The van der Waals surface area contributed by atoms with Crippen LogP contribution in [0.5, 0.6) is 0 Å². The molecule has 14 heavy (non-hydrogen) atoms. The largest absolute Gasteiger partial charge is 0.550 e. The maximum absolute atomic E-state index is 10.4. The molecule has 0 bridgehead atoms. The maximum atomic E-state index is 10.4. The van der Waals surface area contributed by atoms with Crippen LogP contribution >= 0.6 is 0 Å². The Balaban J connectivity index is 2.09. The number of carbonyl (C=O) groups excluding carboxylic acids is 1. The van der Waals surface area contributed by atoms with Crippen LogP contribution in [0.3, 0.4) is 0 Å². The van der Waals surface area contributed by atoms with E-state index in [1.807, 2.05) is 18.2 Å². The first kappa shape index (κ1) is 9.06. The molecule has 0 saturated carbocycles. The zero-order valence-corrected chi connectivity index (χ0v) is 7.82. The van der Waals surface area contributed by atoms with E-state index in [1.54, 1.807) is 0 Å². The molecule has 0 fully saturated rings. The van der Waals surface area contributed by atoms with Crippen LogP contribution in [0.2, 0.25) is 0 Å². The Morgan fingerprint density at radius 1 is 1.50 bits per heavy atom. The number of rotatable bonds is 2. The van der Waals surface area contributed by atoms with Gasteiger partial charge in [0.15, 0.2) is 0 Å². The minimum atomic E-state index is -0.984. The third kappa shape index (κ3) is 1.87. The molecule has 3 nitrogen and oxygen atoms in total. The normalized spacial score (nSPS) is 19.6. The number of hydrogen-bond donors (Lipinski definition) is 1. The van der Waals surface area contributed by atoms with Crippen molar-refractivity contribution in [2.45, 2.75) is 25.3 Å². The van der Waals surface area contributed by atoms with Gasteiger partial charge in [-0.15, -0.1) is 0 Å². The van der Waals surface area contributed by atoms with Gasteiger partial charge in [-0.1, -0.05) is 18.2 Å². The number of anilines is 1. The van der Waals surface area contributed by atoms with Gasteiger partial charge in [0.25, 0.3) is 0 Å². The molecule has 1 aliphatic rings. The fourth-order valence-corrected chi connectivity index (χ4v) is 1.86. The topological polar surface area (TPSA) is 52.2 Å². The number of benzene rings is 1. The second-order valence-electron chi connectivity index (χ2n) is 3.61. The minimum Gasteiger partial charge on any atom is -0.550 e. The molecule has 0 unspecified atom stereocenters. The lowest BCUT2D eigenvalue weighted by Crippen LogP contribution is -2.33. The van der Waals surface area contributed by atoms with Gasteiger partial charge in [-0.2, -0.15) is 0 Å². The van der Waals surface area contributed by atoms with Gasteiger partial charge in [0.2, 0.25) is 0 Å². The van der Waals surface area contributed by atoms with Crippen LogP contribution in [0.25, 0.3) is 0 Å². The van der Waals surface area contributed by atoms with Gasteiger partial charge in [-0.3, -0.25) is 0 Å². The Kier molecular flexibility index (Phi) is 2.39. The van der Waals surface area contributed by atoms with E-state index in [9.17, 15) is 9.90 Å². The zero-order chi connectivity index (χ0) is 9.97. The lowest BCUT2D eigenvalue weighted by molar-refractivity contribution is -0.306. The van der Waals surface area contributed by atoms with Crippen LogP contribution in [-0.4, -0.2) is 12.0 Å². The van der Waals surface area contributed by atoms with Crippen molar-refractivity contribution < 1.29 is 9.90 Å². The number of carboxylic acid groups (broad SMARTS) is 1. The highest BCUT2D eigenvalue weighted by atomic mass is 16.4. The molecule has 1 aromatic carbocycles. The van der Waals surface area contributed by atoms with E-state index < -0.39 is 5.97 Å². The Labute approximate surface area is 82.8 Å². The first-order chi connectivity index (χ1) is 6.75. The summed E-state index contributed by atoms with van der Waals surface area (Å²) in [7, 11) is 0. The van der Waals surface area contributed by atoms with E-state index in [0.717, 1.165) is 18.5 Å². The van der Waals surface area contributed by atoms with Crippen LogP contribution in [0.15, 0.2) is 24.3 Å². The summed E-state index contributed by atoms with van der Waals surface area (Å²) in [6, 6.07) is 8.02. The summed E-state index contributed by atoms with van der Waals surface area (Å²) in [5.41, 5.74) is 2.33. The van der Waals surface area contributed by atoms with Crippen LogP contribution in [0.4, 0.5) is 5.69 Å². The number of fused-ring (bicyclic) bond motifs is 1. The first-order valence-electron chi connectivity index (χ1n) is 4.80. The van der Waals surface area contributed by atoms with Crippen LogP contribution in [0, 0.1) is 0 Å². The fraction of sp³-hybridized carbons (Fsp3) is 0.364. The van der Waals surface area contributed by atoms with Crippen molar-refractivity contribution in [3.05, 3.63) is 29.8 Å². The van der Waals surface area contributed by atoms with E-state index in [1.165, 1.54) is 5.56 Å². The SMILES string of the molecule is O=C([O-])C[C@H]1CCc2ccccc2N1.